The summed E-state index contributed by atoms with van der Waals surface area (Å²) in [5, 5.41) is 0. The van der Waals surface area contributed by atoms with Gasteiger partial charge in [-0.15, -0.1) is 0 Å². The summed E-state index contributed by atoms with van der Waals surface area (Å²) in [6.07, 6.45) is 1.83. The van der Waals surface area contributed by atoms with Crippen LogP contribution < -0.4 is 29.1 Å². The van der Waals surface area contributed by atoms with Crippen molar-refractivity contribution < 1.29 is 23.7 Å². The van der Waals surface area contributed by atoms with Crippen LogP contribution in [0.5, 0.6) is 17.2 Å². The Morgan fingerprint density at radius 1 is 1.12 bits per heavy atom. The van der Waals surface area contributed by atoms with Crippen LogP contribution >= 0.6 is 33.9 Å². The Hall–Kier alpha value is -3.90. The molecule has 0 fully saturated rings. The van der Waals surface area contributed by atoms with Crippen LogP contribution in [0.25, 0.3) is 11.8 Å². The molecular formula is C30H23IN2O6S. The fourth-order valence-corrected chi connectivity index (χ4v) is 6.52. The number of hydrogen-bond donors (Lipinski definition) is 0. The van der Waals surface area contributed by atoms with Crippen LogP contribution in [0.1, 0.15) is 29.7 Å². The standard InChI is InChI=1S/C30H23IN2O6S/c1-3-37-29(35)25-26(18-7-5-4-6-8-18)32-30-33(27(25)19-10-12-22-23(15-19)39-16-38-22)28(34)24(40-30)14-17-9-11-21(36-2)20(31)13-17/h4-15,27H,3,16H2,1-2H3. The van der Waals surface area contributed by atoms with Crippen molar-refractivity contribution in [2.24, 2.45) is 4.99 Å². The van der Waals surface area contributed by atoms with Crippen molar-refractivity contribution in [2.45, 2.75) is 13.0 Å². The van der Waals surface area contributed by atoms with Gasteiger partial charge in [0.05, 0.1) is 39.1 Å². The third kappa shape index (κ3) is 4.71. The van der Waals surface area contributed by atoms with Crippen LogP contribution in [0.4, 0.5) is 0 Å². The van der Waals surface area contributed by atoms with Gasteiger partial charge in [-0.2, -0.15) is 0 Å². The van der Waals surface area contributed by atoms with E-state index in [9.17, 15) is 9.59 Å². The molecule has 4 aromatic rings. The number of fused-ring (bicyclic) bond motifs is 2. The van der Waals surface area contributed by atoms with E-state index >= 15 is 0 Å². The molecule has 0 spiro atoms. The number of rotatable bonds is 6. The molecule has 3 aromatic carbocycles. The van der Waals surface area contributed by atoms with E-state index in [0.717, 1.165) is 20.4 Å². The number of halogens is 1. The van der Waals surface area contributed by atoms with Gasteiger partial charge in [-0.3, -0.25) is 9.36 Å². The van der Waals surface area contributed by atoms with Crippen molar-refractivity contribution in [3.8, 4) is 17.2 Å². The van der Waals surface area contributed by atoms with E-state index in [1.165, 1.54) is 11.3 Å². The highest BCUT2D eigenvalue weighted by Gasteiger charge is 2.36. The number of carbonyl (C=O) groups excluding carboxylic acids is 1. The molecule has 40 heavy (non-hydrogen) atoms. The molecule has 8 nitrogen and oxygen atoms in total. The van der Waals surface area contributed by atoms with Crippen LogP contribution in [0, 0.1) is 3.57 Å². The molecular weight excluding hydrogens is 643 g/mol. The summed E-state index contributed by atoms with van der Waals surface area (Å²) in [6.45, 7) is 2.04. The molecule has 0 saturated heterocycles. The van der Waals surface area contributed by atoms with E-state index in [0.29, 0.717) is 32.1 Å². The zero-order valence-corrected chi connectivity index (χ0v) is 24.5. The molecule has 0 aliphatic carbocycles. The summed E-state index contributed by atoms with van der Waals surface area (Å²) in [4.78, 5) is 33.0. The second-order valence-corrected chi connectivity index (χ2v) is 11.1. The van der Waals surface area contributed by atoms with Crippen LogP contribution in [0.3, 0.4) is 0 Å². The molecule has 0 radical (unpaired) electrons. The predicted molar refractivity (Wildman–Crippen MR) is 159 cm³/mol. The summed E-state index contributed by atoms with van der Waals surface area (Å²) < 4.78 is 25.0. The number of nitrogens with zero attached hydrogens (tertiary/aromatic N) is 2. The smallest absolute Gasteiger partial charge is 0.338 e. The lowest BCUT2D eigenvalue weighted by atomic mass is 9.93. The first-order valence-electron chi connectivity index (χ1n) is 12.5. The van der Waals surface area contributed by atoms with Crippen molar-refractivity contribution >= 4 is 51.7 Å². The summed E-state index contributed by atoms with van der Waals surface area (Å²) in [5.41, 5.74) is 2.77. The third-order valence-corrected chi connectivity index (χ3v) is 8.39. The largest absolute Gasteiger partial charge is 0.496 e. The maximum Gasteiger partial charge on any atom is 0.338 e. The van der Waals surface area contributed by atoms with Gasteiger partial charge >= 0.3 is 5.97 Å². The van der Waals surface area contributed by atoms with Crippen molar-refractivity contribution in [1.29, 1.82) is 0 Å². The molecule has 0 saturated carbocycles. The zero-order chi connectivity index (χ0) is 27.8. The van der Waals surface area contributed by atoms with Gasteiger partial charge in [0.15, 0.2) is 16.3 Å². The van der Waals surface area contributed by atoms with Gasteiger partial charge in [0, 0.05) is 5.56 Å². The van der Waals surface area contributed by atoms with Gasteiger partial charge in [-0.1, -0.05) is 53.8 Å². The molecule has 1 atom stereocenters. The molecule has 1 unspecified atom stereocenters. The Bertz CT molecular complexity index is 1840. The van der Waals surface area contributed by atoms with Crippen LogP contribution in [-0.4, -0.2) is 31.0 Å². The maximum absolute atomic E-state index is 14.0. The van der Waals surface area contributed by atoms with E-state index in [4.69, 9.17) is 23.9 Å². The summed E-state index contributed by atoms with van der Waals surface area (Å²) in [5.74, 6) is 1.38. The minimum atomic E-state index is -0.793. The highest BCUT2D eigenvalue weighted by Crippen LogP contribution is 2.40. The first kappa shape index (κ1) is 26.3. The van der Waals surface area contributed by atoms with Crippen molar-refractivity contribution in [3.63, 3.8) is 0 Å². The first-order valence-corrected chi connectivity index (χ1v) is 14.4. The number of esters is 1. The van der Waals surface area contributed by atoms with E-state index < -0.39 is 12.0 Å². The van der Waals surface area contributed by atoms with Crippen molar-refractivity contribution in [2.75, 3.05) is 20.5 Å². The second kappa shape index (κ2) is 10.9. The molecule has 2 aliphatic heterocycles. The molecule has 2 aliphatic rings. The quantitative estimate of drug-likeness (QED) is 0.226. The minimum absolute atomic E-state index is 0.109. The normalized spacial score (nSPS) is 16.0. The van der Waals surface area contributed by atoms with Gasteiger partial charge < -0.3 is 18.9 Å². The third-order valence-electron chi connectivity index (χ3n) is 6.56. The fraction of sp³-hybridized carbons (Fsp3) is 0.167. The molecule has 0 bridgehead atoms. The van der Waals surface area contributed by atoms with E-state index in [1.54, 1.807) is 24.7 Å². The lowest BCUT2D eigenvalue weighted by Gasteiger charge is -2.26. The lowest BCUT2D eigenvalue weighted by molar-refractivity contribution is -0.138. The highest BCUT2D eigenvalue weighted by molar-refractivity contribution is 14.1. The number of ether oxygens (including phenoxy) is 4. The number of aromatic nitrogens is 1. The average molecular weight is 666 g/mol. The Labute approximate surface area is 247 Å². The monoisotopic (exact) mass is 666 g/mol. The highest BCUT2D eigenvalue weighted by atomic mass is 127. The number of methoxy groups -OCH3 is 1. The van der Waals surface area contributed by atoms with Crippen LogP contribution in [0.2, 0.25) is 0 Å². The topological polar surface area (TPSA) is 88.4 Å². The number of hydrogen-bond acceptors (Lipinski definition) is 8. The number of carbonyl (C=O) groups is 1. The molecule has 10 heteroatoms. The first-order chi connectivity index (χ1) is 19.5. The Morgan fingerprint density at radius 2 is 1.93 bits per heavy atom. The maximum atomic E-state index is 14.0. The SMILES string of the molecule is CCOC(=O)C1=C(c2ccccc2)N=c2sc(=Cc3ccc(OC)c(I)c3)c(=O)n2C1c1ccc2c(c1)OCO2. The Balaban J connectivity index is 1.62. The fourth-order valence-electron chi connectivity index (χ4n) is 4.76. The van der Waals surface area contributed by atoms with E-state index in [2.05, 4.69) is 22.6 Å². The van der Waals surface area contributed by atoms with Crippen molar-refractivity contribution in [3.05, 3.63) is 112 Å². The minimum Gasteiger partial charge on any atom is -0.496 e. The number of benzene rings is 3. The zero-order valence-electron chi connectivity index (χ0n) is 21.5. The van der Waals surface area contributed by atoms with E-state index in [1.807, 2.05) is 66.7 Å². The van der Waals surface area contributed by atoms with Crippen LogP contribution in [0.15, 0.2) is 82.1 Å². The Kier molecular flexibility index (Phi) is 7.20. The summed E-state index contributed by atoms with van der Waals surface area (Å²) in [7, 11) is 1.62. The van der Waals surface area contributed by atoms with Gasteiger partial charge in [-0.25, -0.2) is 9.79 Å². The number of thiazole rings is 1. The van der Waals surface area contributed by atoms with E-state index in [-0.39, 0.29) is 24.5 Å². The molecule has 0 N–H and O–H groups in total. The molecule has 0 amide bonds. The Morgan fingerprint density at radius 3 is 2.67 bits per heavy atom. The molecule has 3 heterocycles. The molecule has 202 valence electrons. The average Bonchev–Trinajstić information content (AvgIpc) is 3.56. The van der Waals surface area contributed by atoms with Crippen molar-refractivity contribution in [1.82, 2.24) is 4.57 Å². The summed E-state index contributed by atoms with van der Waals surface area (Å²) in [6, 6.07) is 19.8. The van der Waals surface area contributed by atoms with Gasteiger partial charge in [0.2, 0.25) is 6.79 Å². The summed E-state index contributed by atoms with van der Waals surface area (Å²) >= 11 is 3.48. The predicted octanol–water partition coefficient (Wildman–Crippen LogP) is 4.28. The molecule has 1 aromatic heterocycles. The van der Waals surface area contributed by atoms with Gasteiger partial charge in [0.25, 0.3) is 5.56 Å². The molecule has 6 rings (SSSR count). The van der Waals surface area contributed by atoms with Crippen LogP contribution in [-0.2, 0) is 9.53 Å². The van der Waals surface area contributed by atoms with Gasteiger partial charge in [0.1, 0.15) is 5.75 Å². The second-order valence-electron chi connectivity index (χ2n) is 8.94. The van der Waals surface area contributed by atoms with Gasteiger partial charge in [-0.05, 0) is 71.0 Å². The lowest BCUT2D eigenvalue weighted by Crippen LogP contribution is -2.40.